The first-order valence-electron chi connectivity index (χ1n) is 11.3. The predicted octanol–water partition coefficient (Wildman–Crippen LogP) is 1.60. The molecule has 0 radical (unpaired) electrons. The molecule has 0 bridgehead atoms. The number of hydrogen-bond acceptors (Lipinski definition) is 6. The summed E-state index contributed by atoms with van der Waals surface area (Å²) >= 11 is 0. The van der Waals surface area contributed by atoms with Crippen LogP contribution in [0.25, 0.3) is 0 Å². The maximum Gasteiger partial charge on any atom is 0.234 e. The Kier molecular flexibility index (Phi) is 14.9. The quantitative estimate of drug-likeness (QED) is 0.169. The zero-order chi connectivity index (χ0) is 23.2. The second kappa shape index (κ2) is 16.8. The number of nitrogens with one attached hydrogen (secondary N) is 2. The van der Waals surface area contributed by atoms with E-state index in [0.717, 1.165) is 63.0 Å². The van der Waals surface area contributed by atoms with Crippen molar-refractivity contribution in [3.8, 4) is 11.5 Å². The van der Waals surface area contributed by atoms with Crippen molar-refractivity contribution in [3.63, 3.8) is 0 Å². The number of nitrogens with zero attached hydrogens (tertiary/aromatic N) is 3. The fourth-order valence-corrected chi connectivity index (χ4v) is 3.64. The third kappa shape index (κ3) is 10.3. The smallest absolute Gasteiger partial charge is 0.234 e. The Morgan fingerprint density at radius 3 is 2.48 bits per heavy atom. The van der Waals surface area contributed by atoms with E-state index in [2.05, 4.69) is 37.6 Å². The van der Waals surface area contributed by atoms with Crippen LogP contribution in [0.5, 0.6) is 11.5 Å². The second-order valence-corrected chi connectivity index (χ2v) is 7.60. The van der Waals surface area contributed by atoms with Crippen molar-refractivity contribution in [3.05, 3.63) is 23.8 Å². The lowest BCUT2D eigenvalue weighted by Crippen LogP contribution is -2.54. The molecule has 10 heteroatoms. The minimum atomic E-state index is 0. The number of piperazine rings is 1. The summed E-state index contributed by atoms with van der Waals surface area (Å²) in [7, 11) is 5.10. The molecular formula is C23H40IN5O4. The van der Waals surface area contributed by atoms with Gasteiger partial charge in [-0.3, -0.25) is 14.7 Å². The van der Waals surface area contributed by atoms with Gasteiger partial charge in [0.15, 0.2) is 17.5 Å². The summed E-state index contributed by atoms with van der Waals surface area (Å²) in [6.07, 6.45) is 1.93. The number of guanidine groups is 1. The van der Waals surface area contributed by atoms with Crippen LogP contribution in [0.4, 0.5) is 0 Å². The Labute approximate surface area is 215 Å². The van der Waals surface area contributed by atoms with Crippen LogP contribution < -0.4 is 20.1 Å². The molecule has 0 aliphatic carbocycles. The Bertz CT molecular complexity index is 727. The van der Waals surface area contributed by atoms with Crippen molar-refractivity contribution in [2.24, 2.45) is 4.99 Å². The van der Waals surface area contributed by atoms with E-state index in [1.54, 1.807) is 14.2 Å². The van der Waals surface area contributed by atoms with Crippen molar-refractivity contribution in [2.75, 3.05) is 80.3 Å². The van der Waals surface area contributed by atoms with Crippen molar-refractivity contribution in [1.29, 1.82) is 0 Å². The van der Waals surface area contributed by atoms with Gasteiger partial charge in [0.1, 0.15) is 0 Å². The average Bonchev–Trinajstić information content (AvgIpc) is 2.80. The van der Waals surface area contributed by atoms with Gasteiger partial charge in [-0.05, 0) is 37.5 Å². The standard InChI is InChI=1S/C23H39N5O4.HI/c1-5-32-21-17-19(8-9-20(21)31-4)7-6-10-26-23(24-2)28-14-12-27(13-15-28)18-22(29)25-11-16-30-3;/h8-9,17H,5-7,10-16,18H2,1-4H3,(H,24,26)(H,25,29);1H. The van der Waals surface area contributed by atoms with Crippen LogP contribution in [0.15, 0.2) is 23.2 Å². The van der Waals surface area contributed by atoms with Gasteiger partial charge in [-0.15, -0.1) is 24.0 Å². The summed E-state index contributed by atoms with van der Waals surface area (Å²) < 4.78 is 16.0. The zero-order valence-corrected chi connectivity index (χ0v) is 22.7. The molecule has 2 rings (SSSR count). The van der Waals surface area contributed by atoms with Crippen molar-refractivity contribution in [1.82, 2.24) is 20.4 Å². The summed E-state index contributed by atoms with van der Waals surface area (Å²) in [4.78, 5) is 20.8. The fraction of sp³-hybridized carbons (Fsp3) is 0.652. The van der Waals surface area contributed by atoms with Gasteiger partial charge in [0.25, 0.3) is 0 Å². The van der Waals surface area contributed by atoms with Gasteiger partial charge in [0, 0.05) is 53.4 Å². The van der Waals surface area contributed by atoms with Gasteiger partial charge >= 0.3 is 0 Å². The summed E-state index contributed by atoms with van der Waals surface area (Å²) in [5.41, 5.74) is 1.23. The largest absolute Gasteiger partial charge is 0.493 e. The van der Waals surface area contributed by atoms with E-state index in [9.17, 15) is 4.79 Å². The number of amides is 1. The lowest BCUT2D eigenvalue weighted by molar-refractivity contribution is -0.122. The molecule has 1 saturated heterocycles. The maximum absolute atomic E-state index is 12.0. The molecule has 2 N–H and O–H groups in total. The van der Waals surface area contributed by atoms with E-state index in [4.69, 9.17) is 14.2 Å². The molecule has 1 aromatic carbocycles. The second-order valence-electron chi connectivity index (χ2n) is 7.60. The van der Waals surface area contributed by atoms with Gasteiger partial charge in [-0.2, -0.15) is 0 Å². The number of aryl methyl sites for hydroxylation is 1. The molecule has 1 heterocycles. The SMILES string of the molecule is CCOc1cc(CCCNC(=NC)N2CCN(CC(=O)NCCOC)CC2)ccc1OC.I. The number of rotatable bonds is 12. The highest BCUT2D eigenvalue weighted by atomic mass is 127. The highest BCUT2D eigenvalue weighted by Gasteiger charge is 2.20. The van der Waals surface area contributed by atoms with Crippen LogP contribution in [0.1, 0.15) is 18.9 Å². The lowest BCUT2D eigenvalue weighted by atomic mass is 10.1. The molecule has 1 aromatic rings. The van der Waals surface area contributed by atoms with Crippen molar-refractivity contribution < 1.29 is 19.0 Å². The van der Waals surface area contributed by atoms with Gasteiger partial charge < -0.3 is 29.7 Å². The van der Waals surface area contributed by atoms with Crippen molar-refractivity contribution >= 4 is 35.8 Å². The molecular weight excluding hydrogens is 537 g/mol. The average molecular weight is 578 g/mol. The molecule has 1 amide bonds. The Morgan fingerprint density at radius 2 is 1.85 bits per heavy atom. The molecule has 0 aromatic heterocycles. The normalized spacial score (nSPS) is 14.4. The molecule has 1 aliphatic rings. The number of halogens is 1. The topological polar surface area (TPSA) is 87.7 Å². The minimum absolute atomic E-state index is 0. The molecule has 0 atom stereocenters. The Balaban J connectivity index is 0.00000544. The number of aliphatic imine (C=N–C) groups is 1. The highest BCUT2D eigenvalue weighted by Crippen LogP contribution is 2.28. The third-order valence-corrected chi connectivity index (χ3v) is 5.33. The molecule has 9 nitrogen and oxygen atoms in total. The molecule has 188 valence electrons. The molecule has 33 heavy (non-hydrogen) atoms. The summed E-state index contributed by atoms with van der Waals surface area (Å²) in [6, 6.07) is 6.10. The zero-order valence-electron chi connectivity index (χ0n) is 20.4. The minimum Gasteiger partial charge on any atom is -0.493 e. The first kappa shape index (κ1) is 29.2. The molecule has 0 saturated carbocycles. The number of carbonyl (C=O) groups excluding carboxylic acids is 1. The van der Waals surface area contributed by atoms with Crippen LogP contribution in [-0.4, -0.2) is 102 Å². The van der Waals surface area contributed by atoms with Gasteiger partial charge in [0.05, 0.1) is 26.9 Å². The summed E-state index contributed by atoms with van der Waals surface area (Å²) in [5, 5.41) is 6.34. The fourth-order valence-electron chi connectivity index (χ4n) is 3.64. The number of carbonyl (C=O) groups is 1. The van der Waals surface area contributed by atoms with E-state index in [1.165, 1.54) is 5.56 Å². The predicted molar refractivity (Wildman–Crippen MR) is 142 cm³/mol. The van der Waals surface area contributed by atoms with E-state index in [1.807, 2.05) is 20.0 Å². The first-order valence-corrected chi connectivity index (χ1v) is 11.3. The number of benzene rings is 1. The van der Waals surface area contributed by atoms with Gasteiger partial charge in [-0.1, -0.05) is 6.07 Å². The molecule has 0 spiro atoms. The summed E-state index contributed by atoms with van der Waals surface area (Å²) in [6.45, 7) is 8.31. The monoisotopic (exact) mass is 577 g/mol. The van der Waals surface area contributed by atoms with E-state index < -0.39 is 0 Å². The van der Waals surface area contributed by atoms with Crippen LogP contribution in [0.2, 0.25) is 0 Å². The Hall–Kier alpha value is -1.79. The maximum atomic E-state index is 12.0. The van der Waals surface area contributed by atoms with Crippen LogP contribution >= 0.6 is 24.0 Å². The van der Waals surface area contributed by atoms with Gasteiger partial charge in [0.2, 0.25) is 5.91 Å². The number of methoxy groups -OCH3 is 2. The van der Waals surface area contributed by atoms with E-state index >= 15 is 0 Å². The van der Waals surface area contributed by atoms with Crippen LogP contribution in [-0.2, 0) is 16.0 Å². The third-order valence-electron chi connectivity index (χ3n) is 5.33. The van der Waals surface area contributed by atoms with E-state index in [0.29, 0.717) is 26.3 Å². The molecule has 1 fully saturated rings. The van der Waals surface area contributed by atoms with E-state index in [-0.39, 0.29) is 29.9 Å². The Morgan fingerprint density at radius 1 is 1.09 bits per heavy atom. The summed E-state index contributed by atoms with van der Waals surface area (Å²) in [5.74, 6) is 2.52. The molecule has 1 aliphatic heterocycles. The van der Waals surface area contributed by atoms with Gasteiger partial charge in [-0.25, -0.2) is 0 Å². The highest BCUT2D eigenvalue weighted by molar-refractivity contribution is 14.0. The number of ether oxygens (including phenoxy) is 3. The first-order chi connectivity index (χ1) is 15.6. The lowest BCUT2D eigenvalue weighted by Gasteiger charge is -2.36. The van der Waals surface area contributed by atoms with Crippen LogP contribution in [0.3, 0.4) is 0 Å². The number of hydrogen-bond donors (Lipinski definition) is 2. The molecule has 0 unspecified atom stereocenters. The van der Waals surface area contributed by atoms with Crippen molar-refractivity contribution in [2.45, 2.75) is 19.8 Å². The van der Waals surface area contributed by atoms with Crippen LogP contribution in [0, 0.1) is 0 Å².